The summed E-state index contributed by atoms with van der Waals surface area (Å²) in [7, 11) is 1.26. The maximum Gasteiger partial charge on any atom is 0.339 e. The van der Waals surface area contributed by atoms with Crippen LogP contribution in [0.5, 0.6) is 0 Å². The number of hydrogen-bond acceptors (Lipinski definition) is 4. The highest BCUT2D eigenvalue weighted by molar-refractivity contribution is 6.17. The van der Waals surface area contributed by atoms with Gasteiger partial charge in [-0.15, -0.1) is 0 Å². The van der Waals surface area contributed by atoms with Gasteiger partial charge in [-0.1, -0.05) is 13.8 Å². The average Bonchev–Trinajstić information content (AvgIpc) is 2.28. The van der Waals surface area contributed by atoms with Crippen LogP contribution in [0.25, 0.3) is 0 Å². The number of ketones is 1. The number of esters is 1. The predicted molar refractivity (Wildman–Crippen MR) is 59.2 cm³/mol. The van der Waals surface area contributed by atoms with Crippen LogP contribution in [-0.2, 0) is 19.1 Å². The van der Waals surface area contributed by atoms with E-state index in [0.717, 1.165) is 0 Å². The summed E-state index contributed by atoms with van der Waals surface area (Å²) in [4.78, 5) is 34.2. The van der Waals surface area contributed by atoms with E-state index in [0.29, 0.717) is 6.42 Å². The third-order valence-corrected chi connectivity index (χ3v) is 3.29. The highest BCUT2D eigenvalue weighted by atomic mass is 16.5. The monoisotopic (exact) mass is 240 g/mol. The van der Waals surface area contributed by atoms with Crippen LogP contribution in [0.15, 0.2) is 11.6 Å². The van der Waals surface area contributed by atoms with Crippen molar-refractivity contribution in [2.75, 3.05) is 7.11 Å². The van der Waals surface area contributed by atoms with Gasteiger partial charge in [0.15, 0.2) is 5.78 Å². The lowest BCUT2D eigenvalue weighted by Gasteiger charge is -2.34. The van der Waals surface area contributed by atoms with Gasteiger partial charge in [-0.2, -0.15) is 0 Å². The standard InChI is InChI=1S/C12H16O5/c1-7(2)12(11(16)17-3)5-4-9(13)8(6-12)10(14)15/h6-7H,4-5H2,1-3H3,(H,14,15). The van der Waals surface area contributed by atoms with Gasteiger partial charge < -0.3 is 9.84 Å². The zero-order chi connectivity index (χ0) is 13.2. The lowest BCUT2D eigenvalue weighted by Crippen LogP contribution is -2.40. The van der Waals surface area contributed by atoms with Crippen LogP contribution in [-0.4, -0.2) is 29.9 Å². The molecule has 0 amide bonds. The van der Waals surface area contributed by atoms with E-state index in [1.54, 1.807) is 0 Å². The summed E-state index contributed by atoms with van der Waals surface area (Å²) < 4.78 is 4.73. The van der Waals surface area contributed by atoms with Crippen LogP contribution < -0.4 is 0 Å². The molecule has 0 bridgehead atoms. The van der Waals surface area contributed by atoms with Crippen LogP contribution in [0.1, 0.15) is 26.7 Å². The molecule has 0 fully saturated rings. The highest BCUT2D eigenvalue weighted by Gasteiger charge is 2.45. The molecule has 1 atom stereocenters. The summed E-state index contributed by atoms with van der Waals surface area (Å²) in [5.74, 6) is -2.34. The molecule has 0 saturated carbocycles. The molecular formula is C12H16O5. The number of methoxy groups -OCH3 is 1. The van der Waals surface area contributed by atoms with E-state index in [2.05, 4.69) is 0 Å². The molecule has 17 heavy (non-hydrogen) atoms. The molecule has 0 saturated heterocycles. The molecule has 5 heteroatoms. The molecule has 5 nitrogen and oxygen atoms in total. The Bertz CT molecular complexity index is 394. The number of carbonyl (C=O) groups is 3. The molecule has 0 heterocycles. The quantitative estimate of drug-likeness (QED) is 0.591. The molecule has 0 aliphatic heterocycles. The molecular weight excluding hydrogens is 224 g/mol. The zero-order valence-electron chi connectivity index (χ0n) is 10.1. The fraction of sp³-hybridized carbons (Fsp3) is 0.583. The van der Waals surface area contributed by atoms with E-state index >= 15 is 0 Å². The van der Waals surface area contributed by atoms with Crippen LogP contribution in [0.2, 0.25) is 0 Å². The number of carbonyl (C=O) groups excluding carboxylic acids is 2. The van der Waals surface area contributed by atoms with Gasteiger partial charge in [0.05, 0.1) is 18.1 Å². The number of hydrogen-bond donors (Lipinski definition) is 1. The van der Waals surface area contributed by atoms with Crippen molar-refractivity contribution in [2.45, 2.75) is 26.7 Å². The molecule has 94 valence electrons. The first-order chi connectivity index (χ1) is 7.85. The maximum atomic E-state index is 11.8. The second-order valence-electron chi connectivity index (χ2n) is 4.47. The Labute approximate surface area is 99.5 Å². The minimum atomic E-state index is -1.29. The van der Waals surface area contributed by atoms with E-state index in [9.17, 15) is 14.4 Å². The number of ether oxygens (including phenoxy) is 1. The molecule has 1 aliphatic rings. The van der Waals surface area contributed by atoms with Crippen molar-refractivity contribution in [3.8, 4) is 0 Å². The number of rotatable bonds is 3. The summed E-state index contributed by atoms with van der Waals surface area (Å²) in [6.07, 6.45) is 1.62. The minimum Gasteiger partial charge on any atom is -0.478 e. The molecule has 0 spiro atoms. The molecule has 0 radical (unpaired) electrons. The van der Waals surface area contributed by atoms with Crippen LogP contribution in [0, 0.1) is 11.3 Å². The average molecular weight is 240 g/mol. The summed E-state index contributed by atoms with van der Waals surface area (Å²) in [6.45, 7) is 3.62. The lowest BCUT2D eigenvalue weighted by atomic mass is 9.68. The Morgan fingerprint density at radius 2 is 2.06 bits per heavy atom. The summed E-state index contributed by atoms with van der Waals surface area (Å²) >= 11 is 0. The van der Waals surface area contributed by atoms with Gasteiger partial charge in [0, 0.05) is 6.42 Å². The van der Waals surface area contributed by atoms with Crippen molar-refractivity contribution in [1.29, 1.82) is 0 Å². The first-order valence-corrected chi connectivity index (χ1v) is 5.43. The summed E-state index contributed by atoms with van der Waals surface area (Å²) in [5, 5.41) is 8.94. The molecule has 0 aromatic heterocycles. The number of Topliss-reactive ketones (excluding diaryl/α,β-unsaturated/α-hetero) is 1. The van der Waals surface area contributed by atoms with E-state index in [1.807, 2.05) is 13.8 Å². The van der Waals surface area contributed by atoms with Crippen molar-refractivity contribution in [3.05, 3.63) is 11.6 Å². The van der Waals surface area contributed by atoms with Gasteiger partial charge in [0.1, 0.15) is 0 Å². The van der Waals surface area contributed by atoms with E-state index in [4.69, 9.17) is 9.84 Å². The van der Waals surface area contributed by atoms with Gasteiger partial charge in [0.2, 0.25) is 0 Å². The second-order valence-corrected chi connectivity index (χ2v) is 4.47. The summed E-state index contributed by atoms with van der Waals surface area (Å²) in [5.41, 5.74) is -1.31. The largest absolute Gasteiger partial charge is 0.478 e. The fourth-order valence-electron chi connectivity index (χ4n) is 2.09. The molecule has 0 aromatic rings. The van der Waals surface area contributed by atoms with Gasteiger partial charge >= 0.3 is 11.9 Å². The number of carboxylic acid groups (broad SMARTS) is 1. The predicted octanol–water partition coefficient (Wildman–Crippen LogP) is 1.18. The molecule has 1 aliphatic carbocycles. The van der Waals surface area contributed by atoms with Gasteiger partial charge in [-0.25, -0.2) is 4.79 Å². The molecule has 1 rings (SSSR count). The van der Waals surface area contributed by atoms with Crippen molar-refractivity contribution < 1.29 is 24.2 Å². The van der Waals surface area contributed by atoms with Crippen molar-refractivity contribution in [1.82, 2.24) is 0 Å². The fourth-order valence-corrected chi connectivity index (χ4v) is 2.09. The summed E-state index contributed by atoms with van der Waals surface area (Å²) in [6, 6.07) is 0. The zero-order valence-corrected chi connectivity index (χ0v) is 10.1. The third-order valence-electron chi connectivity index (χ3n) is 3.29. The Morgan fingerprint density at radius 1 is 1.47 bits per heavy atom. The smallest absolute Gasteiger partial charge is 0.339 e. The number of aliphatic carboxylic acids is 1. The molecule has 0 aromatic carbocycles. The first kappa shape index (κ1) is 13.4. The maximum absolute atomic E-state index is 11.8. The van der Waals surface area contributed by atoms with Gasteiger partial charge in [-0.05, 0) is 18.4 Å². The van der Waals surface area contributed by atoms with E-state index in [-0.39, 0.29) is 17.9 Å². The van der Waals surface area contributed by atoms with Crippen molar-refractivity contribution in [3.63, 3.8) is 0 Å². The highest BCUT2D eigenvalue weighted by Crippen LogP contribution is 2.40. The Hall–Kier alpha value is -1.65. The van der Waals surface area contributed by atoms with E-state index in [1.165, 1.54) is 13.2 Å². The lowest BCUT2D eigenvalue weighted by molar-refractivity contribution is -0.153. The topological polar surface area (TPSA) is 80.7 Å². The van der Waals surface area contributed by atoms with Crippen LogP contribution in [0.3, 0.4) is 0 Å². The normalized spacial score (nSPS) is 24.5. The van der Waals surface area contributed by atoms with Gasteiger partial charge in [0.25, 0.3) is 0 Å². The Balaban J connectivity index is 3.30. The van der Waals surface area contributed by atoms with Crippen LogP contribution in [0.4, 0.5) is 0 Å². The molecule has 1 unspecified atom stereocenters. The third kappa shape index (κ3) is 2.23. The SMILES string of the molecule is COC(=O)C1(C(C)C)C=C(C(=O)O)C(=O)CC1. The molecule has 1 N–H and O–H groups in total. The van der Waals surface area contributed by atoms with Crippen LogP contribution >= 0.6 is 0 Å². The second kappa shape index (κ2) is 4.69. The number of carboxylic acids is 1. The van der Waals surface area contributed by atoms with Gasteiger partial charge in [-0.3, -0.25) is 9.59 Å². The van der Waals surface area contributed by atoms with Crippen molar-refractivity contribution >= 4 is 17.7 Å². The Morgan fingerprint density at radius 3 is 2.47 bits per heavy atom. The van der Waals surface area contributed by atoms with E-state index < -0.39 is 23.1 Å². The van der Waals surface area contributed by atoms with Crippen molar-refractivity contribution in [2.24, 2.45) is 11.3 Å². The Kier molecular flexibility index (Phi) is 3.70. The minimum absolute atomic E-state index is 0.0609. The first-order valence-electron chi connectivity index (χ1n) is 5.43.